The molecular formula is C9H12ClNO3. The summed E-state index contributed by atoms with van der Waals surface area (Å²) < 4.78 is 6.14. The number of hydrogen-bond acceptors (Lipinski definition) is 3. The van der Waals surface area contributed by atoms with Crippen LogP contribution in [0.15, 0.2) is 12.1 Å². The second-order valence-electron chi connectivity index (χ2n) is 2.86. The Labute approximate surface area is 87.0 Å². The predicted molar refractivity (Wildman–Crippen MR) is 52.4 cm³/mol. The Bertz CT molecular complexity index is 335. The van der Waals surface area contributed by atoms with Gasteiger partial charge in [-0.1, -0.05) is 0 Å². The van der Waals surface area contributed by atoms with E-state index in [-0.39, 0.29) is 5.88 Å². The number of halogens is 1. The van der Waals surface area contributed by atoms with Crippen LogP contribution >= 0.6 is 11.6 Å². The Balaban J connectivity index is 3.02. The fourth-order valence-electron chi connectivity index (χ4n) is 1.25. The lowest BCUT2D eigenvalue weighted by atomic mass is 10.3. The first-order valence-corrected chi connectivity index (χ1v) is 4.63. The quantitative estimate of drug-likeness (QED) is 0.609. The molecule has 14 heavy (non-hydrogen) atoms. The molecule has 0 aromatic carbocycles. The van der Waals surface area contributed by atoms with Crippen molar-refractivity contribution in [1.82, 2.24) is 4.57 Å². The van der Waals surface area contributed by atoms with E-state index in [0.29, 0.717) is 11.4 Å². The highest BCUT2D eigenvalue weighted by Gasteiger charge is 2.16. The second-order valence-corrected chi connectivity index (χ2v) is 3.17. The zero-order valence-corrected chi connectivity index (χ0v) is 8.78. The molecule has 0 aliphatic rings. The van der Waals surface area contributed by atoms with Gasteiger partial charge in [0, 0.05) is 12.7 Å². The van der Waals surface area contributed by atoms with Crippen LogP contribution in [0.3, 0.4) is 0 Å². The van der Waals surface area contributed by atoms with E-state index < -0.39 is 12.1 Å². The Morgan fingerprint density at radius 3 is 2.86 bits per heavy atom. The molecule has 0 aliphatic carbocycles. The van der Waals surface area contributed by atoms with Gasteiger partial charge < -0.3 is 14.4 Å². The summed E-state index contributed by atoms with van der Waals surface area (Å²) in [4.78, 5) is 11.2. The van der Waals surface area contributed by atoms with Gasteiger partial charge in [-0.05, 0) is 12.1 Å². The van der Waals surface area contributed by atoms with Crippen molar-refractivity contribution in [3.63, 3.8) is 0 Å². The SMILES string of the molecule is COC(=O)c1ccc(C(O)CCl)n1C. The Hall–Kier alpha value is -1.00. The molecule has 4 nitrogen and oxygen atoms in total. The minimum absolute atomic E-state index is 0.0957. The minimum Gasteiger partial charge on any atom is -0.464 e. The standard InChI is InChI=1S/C9H12ClNO3/c1-11-6(8(12)5-10)3-4-7(11)9(13)14-2/h3-4,8,12H,5H2,1-2H3. The van der Waals surface area contributed by atoms with Gasteiger partial charge in [0.2, 0.25) is 0 Å². The van der Waals surface area contributed by atoms with Crippen LogP contribution in [0.25, 0.3) is 0 Å². The summed E-state index contributed by atoms with van der Waals surface area (Å²) >= 11 is 5.50. The molecule has 1 aromatic heterocycles. The van der Waals surface area contributed by atoms with Crippen LogP contribution in [0, 0.1) is 0 Å². The van der Waals surface area contributed by atoms with Crippen molar-refractivity contribution in [2.75, 3.05) is 13.0 Å². The Morgan fingerprint density at radius 2 is 2.36 bits per heavy atom. The van der Waals surface area contributed by atoms with Crippen molar-refractivity contribution >= 4 is 17.6 Å². The highest BCUT2D eigenvalue weighted by atomic mass is 35.5. The molecule has 0 fully saturated rings. The van der Waals surface area contributed by atoms with E-state index in [4.69, 9.17) is 11.6 Å². The maximum Gasteiger partial charge on any atom is 0.354 e. The number of rotatable bonds is 3. The van der Waals surface area contributed by atoms with Gasteiger partial charge >= 0.3 is 5.97 Å². The Morgan fingerprint density at radius 1 is 1.71 bits per heavy atom. The number of esters is 1. The first-order valence-electron chi connectivity index (χ1n) is 4.09. The van der Waals surface area contributed by atoms with E-state index in [2.05, 4.69) is 4.74 Å². The number of carbonyl (C=O) groups is 1. The highest BCUT2D eigenvalue weighted by Crippen LogP contribution is 2.17. The van der Waals surface area contributed by atoms with Gasteiger partial charge in [0.15, 0.2) is 0 Å². The van der Waals surface area contributed by atoms with Gasteiger partial charge in [-0.2, -0.15) is 0 Å². The van der Waals surface area contributed by atoms with Crippen LogP contribution in [-0.2, 0) is 11.8 Å². The fraction of sp³-hybridized carbons (Fsp3) is 0.444. The van der Waals surface area contributed by atoms with E-state index in [1.54, 1.807) is 23.7 Å². The smallest absolute Gasteiger partial charge is 0.354 e. The van der Waals surface area contributed by atoms with Crippen LogP contribution in [0.2, 0.25) is 0 Å². The molecule has 0 saturated carbocycles. The third-order valence-corrected chi connectivity index (χ3v) is 2.34. The van der Waals surface area contributed by atoms with E-state index in [1.807, 2.05) is 0 Å². The first kappa shape index (κ1) is 11.1. The van der Waals surface area contributed by atoms with E-state index in [1.165, 1.54) is 7.11 Å². The molecule has 1 atom stereocenters. The maximum atomic E-state index is 11.2. The van der Waals surface area contributed by atoms with Crippen molar-refractivity contribution in [2.24, 2.45) is 7.05 Å². The van der Waals surface area contributed by atoms with Crippen molar-refractivity contribution in [1.29, 1.82) is 0 Å². The molecule has 0 bridgehead atoms. The first-order chi connectivity index (χ1) is 6.61. The number of aliphatic hydroxyl groups is 1. The van der Waals surface area contributed by atoms with Gasteiger partial charge in [-0.3, -0.25) is 0 Å². The summed E-state index contributed by atoms with van der Waals surface area (Å²) in [6.07, 6.45) is -0.764. The van der Waals surface area contributed by atoms with Crippen molar-refractivity contribution in [3.8, 4) is 0 Å². The number of ether oxygens (including phenoxy) is 1. The van der Waals surface area contributed by atoms with Gasteiger partial charge in [-0.25, -0.2) is 4.79 Å². The molecule has 0 amide bonds. The molecule has 78 valence electrons. The Kier molecular flexibility index (Phi) is 3.55. The fourth-order valence-corrected chi connectivity index (χ4v) is 1.41. The second kappa shape index (κ2) is 4.48. The van der Waals surface area contributed by atoms with Crippen molar-refractivity contribution < 1.29 is 14.6 Å². The number of aliphatic hydroxyl groups excluding tert-OH is 1. The van der Waals surface area contributed by atoms with Crippen LogP contribution in [0.1, 0.15) is 22.3 Å². The van der Waals surface area contributed by atoms with Crippen molar-refractivity contribution in [2.45, 2.75) is 6.10 Å². The molecule has 1 unspecified atom stereocenters. The lowest BCUT2D eigenvalue weighted by molar-refractivity contribution is 0.0588. The normalized spacial score (nSPS) is 12.6. The maximum absolute atomic E-state index is 11.2. The van der Waals surface area contributed by atoms with Gasteiger partial charge in [0.05, 0.1) is 13.0 Å². The van der Waals surface area contributed by atoms with Gasteiger partial charge in [0.1, 0.15) is 11.8 Å². The predicted octanol–water partition coefficient (Wildman–Crippen LogP) is 1.08. The van der Waals surface area contributed by atoms with E-state index in [9.17, 15) is 9.90 Å². The number of aromatic nitrogens is 1. The zero-order valence-electron chi connectivity index (χ0n) is 8.03. The number of hydrogen-bond donors (Lipinski definition) is 1. The number of carbonyl (C=O) groups excluding carboxylic acids is 1. The van der Waals surface area contributed by atoms with Crippen LogP contribution < -0.4 is 0 Å². The molecule has 5 heteroatoms. The molecule has 1 heterocycles. The summed E-state index contributed by atoms with van der Waals surface area (Å²) in [5.41, 5.74) is 0.993. The molecule has 1 aromatic rings. The topological polar surface area (TPSA) is 51.5 Å². The van der Waals surface area contributed by atoms with Gasteiger partial charge in [-0.15, -0.1) is 11.6 Å². The zero-order chi connectivity index (χ0) is 10.7. The summed E-state index contributed by atoms with van der Waals surface area (Å²) in [5, 5.41) is 9.47. The van der Waals surface area contributed by atoms with Crippen LogP contribution in [-0.4, -0.2) is 28.6 Å². The number of alkyl halides is 1. The van der Waals surface area contributed by atoms with Gasteiger partial charge in [0.25, 0.3) is 0 Å². The highest BCUT2D eigenvalue weighted by molar-refractivity contribution is 6.18. The monoisotopic (exact) mass is 217 g/mol. The van der Waals surface area contributed by atoms with E-state index in [0.717, 1.165) is 0 Å². The lowest BCUT2D eigenvalue weighted by Gasteiger charge is -2.09. The largest absolute Gasteiger partial charge is 0.464 e. The average molecular weight is 218 g/mol. The summed E-state index contributed by atoms with van der Waals surface area (Å²) in [7, 11) is 2.99. The number of methoxy groups -OCH3 is 1. The third-order valence-electron chi connectivity index (χ3n) is 2.04. The summed E-state index contributed by atoms with van der Waals surface area (Å²) in [6, 6.07) is 3.25. The molecule has 0 aliphatic heterocycles. The van der Waals surface area contributed by atoms with Crippen LogP contribution in [0.4, 0.5) is 0 Å². The molecule has 0 radical (unpaired) electrons. The molecule has 0 saturated heterocycles. The molecular weight excluding hydrogens is 206 g/mol. The number of nitrogens with zero attached hydrogens (tertiary/aromatic N) is 1. The average Bonchev–Trinajstić information content (AvgIpc) is 2.58. The van der Waals surface area contributed by atoms with Crippen LogP contribution in [0.5, 0.6) is 0 Å². The summed E-state index contributed by atoms with van der Waals surface area (Å²) in [6.45, 7) is 0. The third kappa shape index (κ3) is 1.91. The summed E-state index contributed by atoms with van der Waals surface area (Å²) in [5.74, 6) is -0.334. The molecule has 0 spiro atoms. The lowest BCUT2D eigenvalue weighted by Crippen LogP contribution is -2.12. The molecule has 1 rings (SSSR count). The van der Waals surface area contributed by atoms with E-state index >= 15 is 0 Å². The molecule has 1 N–H and O–H groups in total. The minimum atomic E-state index is -0.764. The van der Waals surface area contributed by atoms with Crippen molar-refractivity contribution in [3.05, 3.63) is 23.5 Å².